The van der Waals surface area contributed by atoms with Crippen LogP contribution in [0.4, 0.5) is 4.79 Å². The minimum absolute atomic E-state index is 0.273. The quantitative estimate of drug-likeness (QED) is 0.779. The Morgan fingerprint density at radius 2 is 2.15 bits per heavy atom. The molecule has 0 radical (unpaired) electrons. The van der Waals surface area contributed by atoms with Crippen LogP contribution in [0.15, 0.2) is 0 Å². The third kappa shape index (κ3) is 5.36. The summed E-state index contributed by atoms with van der Waals surface area (Å²) in [6, 6.07) is -1.15. The third-order valence-electron chi connectivity index (χ3n) is 3.92. The molecule has 2 atom stereocenters. The van der Waals surface area contributed by atoms with Gasteiger partial charge in [-0.1, -0.05) is 13.3 Å². The zero-order valence-electron chi connectivity index (χ0n) is 12.4. The van der Waals surface area contributed by atoms with E-state index in [1.807, 2.05) is 0 Å². The van der Waals surface area contributed by atoms with E-state index in [1.54, 1.807) is 4.90 Å². The minimum atomic E-state index is -1.02. The average molecular weight is 286 g/mol. The van der Waals surface area contributed by atoms with Crippen LogP contribution in [0, 0.1) is 5.92 Å². The number of hydrogen-bond acceptors (Lipinski definition) is 3. The predicted octanol–water partition coefficient (Wildman–Crippen LogP) is 1.70. The van der Waals surface area contributed by atoms with E-state index in [1.165, 1.54) is 7.11 Å². The molecular weight excluding hydrogens is 260 g/mol. The van der Waals surface area contributed by atoms with Crippen LogP contribution in [0.3, 0.4) is 0 Å². The van der Waals surface area contributed by atoms with E-state index in [9.17, 15) is 9.59 Å². The van der Waals surface area contributed by atoms with Gasteiger partial charge in [-0.2, -0.15) is 0 Å². The first-order valence-corrected chi connectivity index (χ1v) is 7.35. The molecule has 1 aliphatic rings. The molecule has 0 bridgehead atoms. The van der Waals surface area contributed by atoms with Crippen molar-refractivity contribution in [2.45, 2.75) is 45.1 Å². The van der Waals surface area contributed by atoms with Gasteiger partial charge < -0.3 is 20.1 Å². The Hall–Kier alpha value is -1.30. The predicted molar refractivity (Wildman–Crippen MR) is 75.7 cm³/mol. The van der Waals surface area contributed by atoms with Crippen molar-refractivity contribution in [3.63, 3.8) is 0 Å². The Labute approximate surface area is 120 Å². The van der Waals surface area contributed by atoms with Crippen molar-refractivity contribution < 1.29 is 19.4 Å². The monoisotopic (exact) mass is 286 g/mol. The summed E-state index contributed by atoms with van der Waals surface area (Å²) in [6.45, 7) is 3.90. The van der Waals surface area contributed by atoms with E-state index in [-0.39, 0.29) is 12.5 Å². The van der Waals surface area contributed by atoms with Crippen LogP contribution in [0.5, 0.6) is 0 Å². The molecule has 6 nitrogen and oxygen atoms in total. The number of urea groups is 1. The lowest BCUT2D eigenvalue weighted by molar-refractivity contribution is -0.139. The van der Waals surface area contributed by atoms with Crippen LogP contribution in [0.1, 0.15) is 39.0 Å². The van der Waals surface area contributed by atoms with Crippen LogP contribution in [-0.4, -0.2) is 54.9 Å². The number of rotatable bonds is 6. The number of aliphatic carboxylic acids is 1. The molecule has 2 amide bonds. The van der Waals surface area contributed by atoms with Crippen LogP contribution >= 0.6 is 0 Å². The number of ether oxygens (including phenoxy) is 1. The minimum Gasteiger partial charge on any atom is -0.480 e. The first-order chi connectivity index (χ1) is 9.58. The highest BCUT2D eigenvalue weighted by Gasteiger charge is 2.24. The van der Waals surface area contributed by atoms with Crippen LogP contribution in [0.25, 0.3) is 0 Å². The first kappa shape index (κ1) is 16.8. The molecule has 1 fully saturated rings. The number of carbonyl (C=O) groups excluding carboxylic acids is 1. The summed E-state index contributed by atoms with van der Waals surface area (Å²) >= 11 is 0. The largest absolute Gasteiger partial charge is 0.480 e. The highest BCUT2D eigenvalue weighted by Crippen LogP contribution is 2.20. The van der Waals surface area contributed by atoms with E-state index in [4.69, 9.17) is 9.84 Å². The van der Waals surface area contributed by atoms with Gasteiger partial charge in [0.2, 0.25) is 0 Å². The Morgan fingerprint density at radius 1 is 1.40 bits per heavy atom. The van der Waals surface area contributed by atoms with Gasteiger partial charge in [-0.3, -0.25) is 0 Å². The maximum Gasteiger partial charge on any atom is 0.326 e. The lowest BCUT2D eigenvalue weighted by Crippen LogP contribution is -2.48. The number of methoxy groups -OCH3 is 1. The number of carboxylic acids is 1. The van der Waals surface area contributed by atoms with Crippen molar-refractivity contribution in [3.8, 4) is 0 Å². The van der Waals surface area contributed by atoms with Gasteiger partial charge in [-0.25, -0.2) is 9.59 Å². The highest BCUT2D eigenvalue weighted by atomic mass is 16.5. The number of likely N-dealkylation sites (tertiary alicyclic amines) is 1. The van der Waals surface area contributed by atoms with E-state index in [2.05, 4.69) is 12.2 Å². The Kier molecular flexibility index (Phi) is 7.36. The summed E-state index contributed by atoms with van der Waals surface area (Å²) in [5.74, 6) is -0.340. The fraction of sp³-hybridized carbons (Fsp3) is 0.857. The van der Waals surface area contributed by atoms with Gasteiger partial charge in [0.05, 0.1) is 0 Å². The van der Waals surface area contributed by atoms with Crippen LogP contribution in [0.2, 0.25) is 0 Å². The van der Waals surface area contributed by atoms with Crippen molar-refractivity contribution >= 4 is 12.0 Å². The second-order valence-corrected chi connectivity index (χ2v) is 5.31. The summed E-state index contributed by atoms with van der Waals surface area (Å²) in [5.41, 5.74) is 0. The maximum absolute atomic E-state index is 12.1. The summed E-state index contributed by atoms with van der Waals surface area (Å²) in [6.07, 6.45) is 4.55. The number of carbonyl (C=O) groups is 2. The van der Waals surface area contributed by atoms with Crippen molar-refractivity contribution in [1.29, 1.82) is 0 Å². The molecule has 0 aromatic rings. The van der Waals surface area contributed by atoms with Gasteiger partial charge in [-0.15, -0.1) is 0 Å². The molecule has 2 N–H and O–H groups in total. The Morgan fingerprint density at radius 3 is 2.75 bits per heavy atom. The molecule has 0 aromatic heterocycles. The van der Waals surface area contributed by atoms with Crippen molar-refractivity contribution in [2.75, 3.05) is 26.8 Å². The molecule has 0 aliphatic carbocycles. The van der Waals surface area contributed by atoms with Crippen molar-refractivity contribution in [1.82, 2.24) is 10.2 Å². The molecule has 0 spiro atoms. The van der Waals surface area contributed by atoms with Crippen LogP contribution in [-0.2, 0) is 9.53 Å². The van der Waals surface area contributed by atoms with E-state index in [0.717, 1.165) is 25.7 Å². The molecule has 0 aromatic carbocycles. The molecular formula is C14H26N2O4. The fourth-order valence-corrected chi connectivity index (χ4v) is 2.51. The van der Waals surface area contributed by atoms with Gasteiger partial charge in [0.25, 0.3) is 0 Å². The average Bonchev–Trinajstić information content (AvgIpc) is 2.68. The summed E-state index contributed by atoms with van der Waals surface area (Å²) in [4.78, 5) is 25.0. The SMILES string of the molecule is CCC1CCCN(C(=O)NC(CCOC)C(=O)O)CC1. The zero-order valence-corrected chi connectivity index (χ0v) is 12.4. The van der Waals surface area contributed by atoms with Gasteiger partial charge in [-0.05, 0) is 25.2 Å². The summed E-state index contributed by atoms with van der Waals surface area (Å²) < 4.78 is 4.87. The second-order valence-electron chi connectivity index (χ2n) is 5.31. The lowest BCUT2D eigenvalue weighted by atomic mass is 9.98. The number of carboxylic acid groups (broad SMARTS) is 1. The lowest BCUT2D eigenvalue weighted by Gasteiger charge is -2.23. The van der Waals surface area contributed by atoms with Gasteiger partial charge in [0.1, 0.15) is 6.04 Å². The first-order valence-electron chi connectivity index (χ1n) is 7.35. The zero-order chi connectivity index (χ0) is 15.0. The summed E-state index contributed by atoms with van der Waals surface area (Å²) in [5, 5.41) is 11.7. The van der Waals surface area contributed by atoms with Crippen LogP contribution < -0.4 is 5.32 Å². The number of amides is 2. The normalized spacial score (nSPS) is 21.1. The molecule has 20 heavy (non-hydrogen) atoms. The molecule has 1 rings (SSSR count). The molecule has 2 unspecified atom stereocenters. The maximum atomic E-state index is 12.1. The number of nitrogens with one attached hydrogen (secondary N) is 1. The van der Waals surface area contributed by atoms with E-state index < -0.39 is 12.0 Å². The smallest absolute Gasteiger partial charge is 0.326 e. The van der Waals surface area contributed by atoms with Crippen molar-refractivity contribution in [2.24, 2.45) is 5.92 Å². The number of hydrogen-bond donors (Lipinski definition) is 2. The molecule has 116 valence electrons. The molecule has 1 heterocycles. The Balaban J connectivity index is 2.48. The Bertz CT molecular complexity index is 322. The standard InChI is InChI=1S/C14H26N2O4/c1-3-11-5-4-8-16(9-6-11)14(19)15-12(13(17)18)7-10-20-2/h11-12H,3-10H2,1-2H3,(H,15,19)(H,17,18). The molecule has 1 saturated heterocycles. The molecule has 0 saturated carbocycles. The van der Waals surface area contributed by atoms with Gasteiger partial charge in [0, 0.05) is 33.2 Å². The van der Waals surface area contributed by atoms with Gasteiger partial charge >= 0.3 is 12.0 Å². The van der Waals surface area contributed by atoms with Gasteiger partial charge in [0.15, 0.2) is 0 Å². The third-order valence-corrected chi connectivity index (χ3v) is 3.92. The molecule has 1 aliphatic heterocycles. The second kappa shape index (κ2) is 8.79. The number of nitrogens with zero attached hydrogens (tertiary/aromatic N) is 1. The fourth-order valence-electron chi connectivity index (χ4n) is 2.51. The molecule has 6 heteroatoms. The van der Waals surface area contributed by atoms with E-state index >= 15 is 0 Å². The summed E-state index contributed by atoms with van der Waals surface area (Å²) in [7, 11) is 1.51. The van der Waals surface area contributed by atoms with E-state index in [0.29, 0.717) is 25.6 Å². The topological polar surface area (TPSA) is 78.9 Å². The van der Waals surface area contributed by atoms with Crippen molar-refractivity contribution in [3.05, 3.63) is 0 Å². The highest BCUT2D eigenvalue weighted by molar-refractivity contribution is 5.82.